The number of nitrogens with zero attached hydrogens (tertiary/aromatic N) is 1. The molecule has 6 nitrogen and oxygen atoms in total. The molecule has 1 N–H and O–H groups in total. The van der Waals surface area contributed by atoms with Gasteiger partial charge < -0.3 is 4.74 Å². The van der Waals surface area contributed by atoms with Crippen molar-refractivity contribution in [3.05, 3.63) is 45.0 Å². The fourth-order valence-electron chi connectivity index (χ4n) is 1.69. The van der Waals surface area contributed by atoms with Crippen LogP contribution >= 0.6 is 0 Å². The van der Waals surface area contributed by atoms with E-state index in [1.165, 1.54) is 19.1 Å². The Labute approximate surface area is 106 Å². The molecule has 7 heteroatoms. The highest BCUT2D eigenvalue weighted by atomic mass is 19.1. The third-order valence-corrected chi connectivity index (χ3v) is 2.55. The molecule has 0 aliphatic rings. The number of hydrogen-bond donors (Lipinski definition) is 1. The molecule has 0 spiro atoms. The molecule has 1 unspecified atom stereocenters. The maximum absolute atomic E-state index is 13.8. The van der Waals surface area contributed by atoms with Crippen LogP contribution in [0.5, 0.6) is 0 Å². The van der Waals surface area contributed by atoms with Crippen molar-refractivity contribution in [2.24, 2.45) is 0 Å². The second kappa shape index (κ2) is 5.05. The quantitative estimate of drug-likeness (QED) is 0.830. The van der Waals surface area contributed by atoms with E-state index in [4.69, 9.17) is 0 Å². The summed E-state index contributed by atoms with van der Waals surface area (Å²) in [6, 6.07) is 5.96. The van der Waals surface area contributed by atoms with E-state index in [-0.39, 0.29) is 17.4 Å². The van der Waals surface area contributed by atoms with Crippen molar-refractivity contribution in [3.8, 4) is 0 Å². The number of H-pyrrole nitrogens is 1. The number of rotatable bonds is 3. The van der Waals surface area contributed by atoms with Crippen molar-refractivity contribution in [1.82, 2.24) is 9.78 Å². The normalized spacial score (nSPS) is 12.3. The minimum atomic E-state index is -2.37. The van der Waals surface area contributed by atoms with Crippen LogP contribution in [-0.2, 0) is 9.53 Å². The zero-order valence-electron chi connectivity index (χ0n) is 10.1. The molecule has 0 saturated heterocycles. The summed E-state index contributed by atoms with van der Waals surface area (Å²) in [6.45, 7) is 1.49. The van der Waals surface area contributed by atoms with Crippen LogP contribution in [0.25, 0.3) is 10.8 Å². The van der Waals surface area contributed by atoms with Crippen molar-refractivity contribution >= 4 is 16.7 Å². The minimum absolute atomic E-state index is 0.0220. The highest BCUT2D eigenvalue weighted by Gasteiger charge is 2.23. The van der Waals surface area contributed by atoms with E-state index in [0.29, 0.717) is 4.68 Å². The van der Waals surface area contributed by atoms with Crippen LogP contribution in [0.2, 0.25) is 0 Å². The van der Waals surface area contributed by atoms with E-state index in [2.05, 4.69) is 4.74 Å². The number of nitrogens with one attached hydrogen (secondary N) is 1. The molecule has 1 atom stereocenters. The van der Waals surface area contributed by atoms with Crippen molar-refractivity contribution in [3.63, 3.8) is 0 Å². The van der Waals surface area contributed by atoms with Gasteiger partial charge in [-0.25, -0.2) is 13.9 Å². The van der Waals surface area contributed by atoms with Gasteiger partial charge in [0.15, 0.2) is 0 Å². The van der Waals surface area contributed by atoms with Gasteiger partial charge in [-0.05, 0) is 19.1 Å². The van der Waals surface area contributed by atoms with E-state index < -0.39 is 23.4 Å². The van der Waals surface area contributed by atoms with Gasteiger partial charge in [-0.2, -0.15) is 0 Å². The molecule has 1 heterocycles. The number of aromatic nitrogens is 2. The molecule has 0 fully saturated rings. The van der Waals surface area contributed by atoms with E-state index >= 15 is 0 Å². The molecule has 1 aromatic heterocycles. The lowest BCUT2D eigenvalue weighted by Gasteiger charge is -2.10. The molecule has 0 bridgehead atoms. The molecular weight excluding hydrogens is 255 g/mol. The minimum Gasteiger partial charge on any atom is -0.462 e. The zero-order chi connectivity index (χ0) is 14.0. The topological polar surface area (TPSA) is 81.2 Å². The molecule has 0 radical (unpaired) electrons. The summed E-state index contributed by atoms with van der Waals surface area (Å²) in [6.07, 6.45) is -2.37. The van der Waals surface area contributed by atoms with Crippen molar-refractivity contribution in [2.75, 3.05) is 6.61 Å². The highest BCUT2D eigenvalue weighted by molar-refractivity contribution is 5.80. The third kappa shape index (κ3) is 2.26. The monoisotopic (exact) mass is 266 g/mol. The summed E-state index contributed by atoms with van der Waals surface area (Å²) in [7, 11) is 0. The Morgan fingerprint density at radius 3 is 2.63 bits per heavy atom. The van der Waals surface area contributed by atoms with Crippen LogP contribution in [0, 0.1) is 0 Å². The summed E-state index contributed by atoms with van der Waals surface area (Å²) in [5.74, 6) is -1.23. The smallest absolute Gasteiger partial charge is 0.363 e. The first-order valence-corrected chi connectivity index (χ1v) is 5.60. The lowest BCUT2D eigenvalue weighted by Crippen LogP contribution is -2.35. The number of ether oxygens (including phenoxy) is 1. The summed E-state index contributed by atoms with van der Waals surface area (Å²) < 4.78 is 18.6. The van der Waals surface area contributed by atoms with Crippen LogP contribution in [0.1, 0.15) is 13.2 Å². The maximum atomic E-state index is 13.8. The van der Waals surface area contributed by atoms with Crippen LogP contribution < -0.4 is 11.1 Å². The number of fused-ring (bicyclic) bond motifs is 1. The molecule has 0 aliphatic heterocycles. The molecule has 1 aromatic carbocycles. The Morgan fingerprint density at radius 2 is 2.00 bits per heavy atom. The number of alkyl halides is 1. The number of hydrogen-bond acceptors (Lipinski definition) is 4. The first kappa shape index (κ1) is 13.0. The SMILES string of the molecule is CCOC(=O)C(F)n1[nH]c(=O)c2ccccc2c1=O. The van der Waals surface area contributed by atoms with E-state index in [9.17, 15) is 18.8 Å². The van der Waals surface area contributed by atoms with Gasteiger partial charge >= 0.3 is 5.97 Å². The Kier molecular flexibility index (Phi) is 3.46. The fourth-order valence-corrected chi connectivity index (χ4v) is 1.69. The highest BCUT2D eigenvalue weighted by Crippen LogP contribution is 2.08. The Morgan fingerprint density at radius 1 is 1.37 bits per heavy atom. The summed E-state index contributed by atoms with van der Waals surface area (Å²) in [5.41, 5.74) is -1.45. The number of halogens is 1. The van der Waals surface area contributed by atoms with Gasteiger partial charge in [-0.3, -0.25) is 14.7 Å². The van der Waals surface area contributed by atoms with Crippen LogP contribution in [-0.4, -0.2) is 22.4 Å². The Balaban J connectivity index is 2.63. The van der Waals surface area contributed by atoms with E-state index in [0.717, 1.165) is 0 Å². The second-order valence-corrected chi connectivity index (χ2v) is 3.75. The van der Waals surface area contributed by atoms with Crippen LogP contribution in [0.15, 0.2) is 33.9 Å². The number of benzene rings is 1. The molecule has 2 aromatic rings. The predicted octanol–water partition coefficient (Wildman–Crippen LogP) is 0.721. The number of aromatic amines is 1. The molecule has 19 heavy (non-hydrogen) atoms. The number of carbonyl (C=O) groups is 1. The average Bonchev–Trinajstić information content (AvgIpc) is 2.42. The van der Waals surface area contributed by atoms with E-state index in [1.54, 1.807) is 12.1 Å². The molecular formula is C12H11FN2O4. The molecule has 0 amide bonds. The van der Waals surface area contributed by atoms with Gasteiger partial charge in [-0.1, -0.05) is 12.1 Å². The lowest BCUT2D eigenvalue weighted by atomic mass is 10.2. The largest absolute Gasteiger partial charge is 0.462 e. The van der Waals surface area contributed by atoms with Gasteiger partial charge in [-0.15, -0.1) is 0 Å². The summed E-state index contributed by atoms with van der Waals surface area (Å²) in [5, 5.41) is 2.21. The number of carbonyl (C=O) groups excluding carboxylic acids is 1. The van der Waals surface area contributed by atoms with Gasteiger partial charge in [0.05, 0.1) is 17.4 Å². The van der Waals surface area contributed by atoms with Crippen molar-refractivity contribution < 1.29 is 13.9 Å². The Bertz CT molecular complexity index is 734. The zero-order valence-corrected chi connectivity index (χ0v) is 10.1. The summed E-state index contributed by atoms with van der Waals surface area (Å²) >= 11 is 0. The second-order valence-electron chi connectivity index (χ2n) is 3.75. The fraction of sp³-hybridized carbons (Fsp3) is 0.250. The van der Waals surface area contributed by atoms with Gasteiger partial charge in [0.2, 0.25) is 0 Å². The predicted molar refractivity (Wildman–Crippen MR) is 65.6 cm³/mol. The van der Waals surface area contributed by atoms with Gasteiger partial charge in [0.25, 0.3) is 17.4 Å². The molecule has 0 aliphatic carbocycles. The van der Waals surface area contributed by atoms with E-state index in [1.807, 2.05) is 5.10 Å². The Hall–Kier alpha value is -2.44. The van der Waals surface area contributed by atoms with Crippen molar-refractivity contribution in [2.45, 2.75) is 13.2 Å². The third-order valence-electron chi connectivity index (χ3n) is 2.55. The van der Waals surface area contributed by atoms with Gasteiger partial charge in [0.1, 0.15) is 0 Å². The average molecular weight is 266 g/mol. The first-order valence-electron chi connectivity index (χ1n) is 5.60. The molecule has 0 saturated carbocycles. The standard InChI is InChI=1S/C12H11FN2O4/c1-2-19-12(18)9(13)15-11(17)8-6-4-3-5-7(8)10(16)14-15/h3-6,9H,2H2,1H3,(H,14,16). The van der Waals surface area contributed by atoms with Crippen LogP contribution in [0.4, 0.5) is 4.39 Å². The lowest BCUT2D eigenvalue weighted by molar-refractivity contribution is -0.153. The molecule has 100 valence electrons. The summed E-state index contributed by atoms with van der Waals surface area (Å²) in [4.78, 5) is 34.9. The maximum Gasteiger partial charge on any atom is 0.363 e. The van der Waals surface area contributed by atoms with Crippen molar-refractivity contribution in [1.29, 1.82) is 0 Å². The molecule has 2 rings (SSSR count). The first-order chi connectivity index (χ1) is 9.06. The number of esters is 1. The van der Waals surface area contributed by atoms with Crippen LogP contribution in [0.3, 0.4) is 0 Å². The van der Waals surface area contributed by atoms with Gasteiger partial charge in [0, 0.05) is 0 Å².